The zero-order chi connectivity index (χ0) is 20.8. The highest BCUT2D eigenvalue weighted by Crippen LogP contribution is 2.29. The van der Waals surface area contributed by atoms with Gasteiger partial charge >= 0.3 is 0 Å². The first-order chi connectivity index (χ1) is 14.5. The number of fused-ring (bicyclic) bond motifs is 2. The van der Waals surface area contributed by atoms with Gasteiger partial charge in [-0.2, -0.15) is 5.10 Å². The molecule has 1 aliphatic carbocycles. The monoisotopic (exact) mass is 402 g/mol. The maximum absolute atomic E-state index is 14.0. The van der Waals surface area contributed by atoms with Crippen molar-refractivity contribution in [1.29, 1.82) is 0 Å². The van der Waals surface area contributed by atoms with Crippen LogP contribution in [0.3, 0.4) is 0 Å². The number of nitrogens with zero attached hydrogens (tertiary/aromatic N) is 3. The fourth-order valence-corrected chi connectivity index (χ4v) is 4.46. The highest BCUT2D eigenvalue weighted by molar-refractivity contribution is 5.94. The van der Waals surface area contributed by atoms with Crippen LogP contribution in [0.4, 0.5) is 4.39 Å². The van der Waals surface area contributed by atoms with E-state index in [1.807, 2.05) is 43.5 Å². The lowest BCUT2D eigenvalue weighted by Gasteiger charge is -2.17. The number of H-pyrrole nitrogens is 1. The number of aromatic amines is 1. The summed E-state index contributed by atoms with van der Waals surface area (Å²) in [6, 6.07) is 13.0. The van der Waals surface area contributed by atoms with E-state index in [4.69, 9.17) is 0 Å². The number of hydrogen-bond donors (Lipinski definition) is 1. The summed E-state index contributed by atoms with van der Waals surface area (Å²) in [6.07, 6.45) is 4.56. The van der Waals surface area contributed by atoms with Gasteiger partial charge in [0.2, 0.25) is 0 Å². The van der Waals surface area contributed by atoms with Crippen LogP contribution in [0.1, 0.15) is 39.3 Å². The van der Waals surface area contributed by atoms with E-state index in [0.717, 1.165) is 52.5 Å². The molecule has 6 heteroatoms. The van der Waals surface area contributed by atoms with Crippen LogP contribution in [0.5, 0.6) is 0 Å². The summed E-state index contributed by atoms with van der Waals surface area (Å²) in [7, 11) is 1.81. The number of halogens is 1. The molecular weight excluding hydrogens is 379 g/mol. The van der Waals surface area contributed by atoms with Crippen molar-refractivity contribution in [2.75, 3.05) is 7.05 Å². The van der Waals surface area contributed by atoms with Gasteiger partial charge in [-0.15, -0.1) is 0 Å². The van der Waals surface area contributed by atoms with Crippen molar-refractivity contribution in [2.45, 2.75) is 32.7 Å². The Balaban J connectivity index is 1.49. The molecule has 5 rings (SSSR count). The Morgan fingerprint density at radius 1 is 1.23 bits per heavy atom. The highest BCUT2D eigenvalue weighted by Gasteiger charge is 2.29. The van der Waals surface area contributed by atoms with Gasteiger partial charge in [-0.1, -0.05) is 12.1 Å². The van der Waals surface area contributed by atoms with E-state index in [-0.39, 0.29) is 11.7 Å². The minimum atomic E-state index is -0.295. The number of carbonyl (C=O) groups is 1. The summed E-state index contributed by atoms with van der Waals surface area (Å²) < 4.78 is 15.7. The van der Waals surface area contributed by atoms with Crippen molar-refractivity contribution in [3.63, 3.8) is 0 Å². The van der Waals surface area contributed by atoms with Crippen molar-refractivity contribution in [3.05, 3.63) is 82.6 Å². The molecule has 2 aromatic carbocycles. The Morgan fingerprint density at radius 2 is 2.10 bits per heavy atom. The van der Waals surface area contributed by atoms with Crippen LogP contribution >= 0.6 is 0 Å². The molecule has 1 amide bonds. The molecule has 1 N–H and O–H groups in total. The number of aryl methyl sites for hydroxylation is 1. The van der Waals surface area contributed by atoms with Crippen LogP contribution in [-0.4, -0.2) is 32.6 Å². The van der Waals surface area contributed by atoms with E-state index < -0.39 is 0 Å². The molecule has 0 fully saturated rings. The van der Waals surface area contributed by atoms with Crippen LogP contribution in [0.15, 0.2) is 48.7 Å². The highest BCUT2D eigenvalue weighted by atomic mass is 19.1. The molecular formula is C24H23FN4O. The minimum absolute atomic E-state index is 0.104. The third kappa shape index (κ3) is 3.09. The standard InChI is InChI=1S/C24H23FN4O/c1-15-11-17(25)13-18(12-15)29-22-8-4-6-20(22)23(27-29)24(30)28(2)14-16-5-3-7-21-19(16)9-10-26-21/h3,5,7,9-13,26H,4,6,8,14H2,1-2H3. The maximum atomic E-state index is 14.0. The topological polar surface area (TPSA) is 53.9 Å². The number of amides is 1. The third-order valence-corrected chi connectivity index (χ3v) is 5.84. The molecule has 0 unspecified atom stereocenters. The van der Waals surface area contributed by atoms with Gasteiger partial charge in [0.1, 0.15) is 5.82 Å². The first-order valence-corrected chi connectivity index (χ1v) is 10.2. The second-order valence-corrected chi connectivity index (χ2v) is 8.04. The molecule has 152 valence electrons. The average molecular weight is 402 g/mol. The van der Waals surface area contributed by atoms with Crippen LogP contribution in [0.2, 0.25) is 0 Å². The number of hydrogen-bond acceptors (Lipinski definition) is 2. The Kier molecular flexibility index (Phi) is 4.42. The number of benzene rings is 2. The smallest absolute Gasteiger partial charge is 0.274 e. The van der Waals surface area contributed by atoms with Crippen LogP contribution in [-0.2, 0) is 19.4 Å². The number of aromatic nitrogens is 3. The van der Waals surface area contributed by atoms with E-state index in [1.54, 1.807) is 16.6 Å². The molecule has 2 aromatic heterocycles. The Hall–Kier alpha value is -3.41. The van der Waals surface area contributed by atoms with Gasteiger partial charge in [-0.05, 0) is 67.6 Å². The predicted molar refractivity (Wildman–Crippen MR) is 114 cm³/mol. The van der Waals surface area contributed by atoms with Gasteiger partial charge in [0, 0.05) is 41.9 Å². The summed E-state index contributed by atoms with van der Waals surface area (Å²) >= 11 is 0. The second kappa shape index (κ2) is 7.13. The number of carbonyl (C=O) groups excluding carboxylic acids is 1. The van der Waals surface area contributed by atoms with E-state index in [9.17, 15) is 9.18 Å². The van der Waals surface area contributed by atoms with Crippen LogP contribution in [0, 0.1) is 12.7 Å². The lowest BCUT2D eigenvalue weighted by Crippen LogP contribution is -2.27. The van der Waals surface area contributed by atoms with Crippen molar-refractivity contribution in [1.82, 2.24) is 19.7 Å². The zero-order valence-corrected chi connectivity index (χ0v) is 17.1. The maximum Gasteiger partial charge on any atom is 0.274 e. The van der Waals surface area contributed by atoms with Crippen molar-refractivity contribution < 1.29 is 9.18 Å². The molecule has 2 heterocycles. The fraction of sp³-hybridized carbons (Fsp3) is 0.250. The molecule has 0 bridgehead atoms. The predicted octanol–water partition coefficient (Wildman–Crippen LogP) is 4.56. The number of nitrogens with one attached hydrogen (secondary N) is 1. The van der Waals surface area contributed by atoms with Gasteiger partial charge in [-0.25, -0.2) is 9.07 Å². The van der Waals surface area contributed by atoms with Crippen LogP contribution in [0.25, 0.3) is 16.6 Å². The Labute approximate surface area is 174 Å². The summed E-state index contributed by atoms with van der Waals surface area (Å²) in [5, 5.41) is 5.77. The Bertz CT molecular complexity index is 1250. The first-order valence-electron chi connectivity index (χ1n) is 10.2. The summed E-state index contributed by atoms with van der Waals surface area (Å²) in [4.78, 5) is 18.3. The van der Waals surface area contributed by atoms with Gasteiger partial charge in [0.25, 0.3) is 5.91 Å². The second-order valence-electron chi connectivity index (χ2n) is 8.04. The fourth-order valence-electron chi connectivity index (χ4n) is 4.46. The minimum Gasteiger partial charge on any atom is -0.361 e. The largest absolute Gasteiger partial charge is 0.361 e. The lowest BCUT2D eigenvalue weighted by atomic mass is 10.1. The van der Waals surface area contributed by atoms with E-state index in [2.05, 4.69) is 10.1 Å². The summed E-state index contributed by atoms with van der Waals surface area (Å²) in [5.74, 6) is -0.399. The molecule has 30 heavy (non-hydrogen) atoms. The van der Waals surface area contributed by atoms with Crippen LogP contribution < -0.4 is 0 Å². The van der Waals surface area contributed by atoms with E-state index in [0.29, 0.717) is 17.9 Å². The molecule has 4 aromatic rings. The zero-order valence-electron chi connectivity index (χ0n) is 17.1. The lowest BCUT2D eigenvalue weighted by molar-refractivity contribution is 0.0778. The third-order valence-electron chi connectivity index (χ3n) is 5.84. The summed E-state index contributed by atoms with van der Waals surface area (Å²) in [6.45, 7) is 2.35. The molecule has 1 aliphatic rings. The molecule has 0 atom stereocenters. The average Bonchev–Trinajstić information content (AvgIpc) is 3.43. The van der Waals surface area contributed by atoms with Gasteiger partial charge in [0.05, 0.1) is 5.69 Å². The van der Waals surface area contributed by atoms with Gasteiger partial charge in [-0.3, -0.25) is 4.79 Å². The normalized spacial score (nSPS) is 13.0. The molecule has 0 radical (unpaired) electrons. The summed E-state index contributed by atoms with van der Waals surface area (Å²) in [5.41, 5.74) is 6.13. The quantitative estimate of drug-likeness (QED) is 0.544. The molecule has 0 spiro atoms. The van der Waals surface area contributed by atoms with E-state index >= 15 is 0 Å². The molecule has 0 saturated heterocycles. The van der Waals surface area contributed by atoms with Gasteiger partial charge in [0.15, 0.2) is 5.69 Å². The molecule has 0 saturated carbocycles. The van der Waals surface area contributed by atoms with Crippen molar-refractivity contribution in [3.8, 4) is 5.69 Å². The van der Waals surface area contributed by atoms with Crippen molar-refractivity contribution in [2.24, 2.45) is 0 Å². The SMILES string of the molecule is Cc1cc(F)cc(-n2nc(C(=O)N(C)Cc3cccc4[nH]ccc34)c3c2CCC3)c1. The van der Waals surface area contributed by atoms with E-state index in [1.165, 1.54) is 12.1 Å². The Morgan fingerprint density at radius 3 is 2.93 bits per heavy atom. The van der Waals surface area contributed by atoms with Crippen molar-refractivity contribution >= 4 is 16.8 Å². The molecule has 0 aliphatic heterocycles. The molecule has 5 nitrogen and oxygen atoms in total. The first kappa shape index (κ1) is 18.6. The van der Waals surface area contributed by atoms with Gasteiger partial charge < -0.3 is 9.88 Å². The number of rotatable bonds is 4.